The number of carbonyl (C=O) groups is 2. The molecular formula is C13H24N2O4. The highest BCUT2D eigenvalue weighted by Crippen LogP contribution is 2.21. The predicted molar refractivity (Wildman–Crippen MR) is 71.1 cm³/mol. The summed E-state index contributed by atoms with van der Waals surface area (Å²) < 4.78 is 5.27. The number of rotatable bonds is 6. The number of carbonyl (C=O) groups excluding carboxylic acids is 1. The summed E-state index contributed by atoms with van der Waals surface area (Å²) in [6.07, 6.45) is 2.88. The standard InChI is InChI=1S/C13H24N2O4/c1-9(2)15(7-6-12(16)17)13(18)14-10-4-5-11(8-10)19-3/h9-11H,4-8H2,1-3H3,(H,14,18)(H,16,17). The van der Waals surface area contributed by atoms with Gasteiger partial charge in [-0.3, -0.25) is 4.79 Å². The Hall–Kier alpha value is -1.30. The van der Waals surface area contributed by atoms with Crippen molar-refractivity contribution >= 4 is 12.0 Å². The smallest absolute Gasteiger partial charge is 0.317 e. The second-order valence-corrected chi connectivity index (χ2v) is 5.25. The van der Waals surface area contributed by atoms with Gasteiger partial charge >= 0.3 is 12.0 Å². The highest BCUT2D eigenvalue weighted by molar-refractivity contribution is 5.76. The monoisotopic (exact) mass is 272 g/mol. The van der Waals surface area contributed by atoms with Crippen molar-refractivity contribution in [3.8, 4) is 0 Å². The number of carboxylic acid groups (broad SMARTS) is 1. The summed E-state index contributed by atoms with van der Waals surface area (Å²) in [5.74, 6) is -0.890. The first-order valence-corrected chi connectivity index (χ1v) is 6.75. The second kappa shape index (κ2) is 7.33. The zero-order chi connectivity index (χ0) is 14.4. The van der Waals surface area contributed by atoms with Gasteiger partial charge in [0.1, 0.15) is 0 Å². The van der Waals surface area contributed by atoms with Gasteiger partial charge in [-0.2, -0.15) is 0 Å². The Labute approximate surface area is 114 Å². The van der Waals surface area contributed by atoms with E-state index in [1.54, 1.807) is 12.0 Å². The van der Waals surface area contributed by atoms with Crippen molar-refractivity contribution < 1.29 is 19.4 Å². The molecule has 0 heterocycles. The molecule has 6 nitrogen and oxygen atoms in total. The lowest BCUT2D eigenvalue weighted by molar-refractivity contribution is -0.137. The number of urea groups is 1. The average Bonchev–Trinajstić information content (AvgIpc) is 2.76. The summed E-state index contributed by atoms with van der Waals surface area (Å²) in [5.41, 5.74) is 0. The van der Waals surface area contributed by atoms with E-state index in [-0.39, 0.29) is 37.2 Å². The Morgan fingerprint density at radius 3 is 2.58 bits per heavy atom. The van der Waals surface area contributed by atoms with E-state index in [1.165, 1.54) is 0 Å². The van der Waals surface area contributed by atoms with Gasteiger partial charge in [0.05, 0.1) is 12.5 Å². The summed E-state index contributed by atoms with van der Waals surface area (Å²) in [6, 6.07) is -0.0690. The van der Waals surface area contributed by atoms with E-state index in [0.29, 0.717) is 0 Å². The topological polar surface area (TPSA) is 78.9 Å². The molecule has 0 aromatic heterocycles. The summed E-state index contributed by atoms with van der Waals surface area (Å²) in [7, 11) is 1.68. The van der Waals surface area contributed by atoms with Gasteiger partial charge in [-0.15, -0.1) is 0 Å². The normalized spacial score (nSPS) is 22.5. The van der Waals surface area contributed by atoms with E-state index in [2.05, 4.69) is 5.32 Å². The summed E-state index contributed by atoms with van der Waals surface area (Å²) in [4.78, 5) is 24.3. The van der Waals surface area contributed by atoms with Gasteiger partial charge in [0.15, 0.2) is 0 Å². The maximum Gasteiger partial charge on any atom is 0.317 e. The Balaban J connectivity index is 2.46. The molecule has 1 aliphatic carbocycles. The Kier molecular flexibility index (Phi) is 6.08. The quantitative estimate of drug-likeness (QED) is 0.767. The molecule has 2 amide bonds. The Bertz CT molecular complexity index is 320. The molecule has 0 aromatic carbocycles. The molecule has 2 N–H and O–H groups in total. The molecule has 19 heavy (non-hydrogen) atoms. The van der Waals surface area contributed by atoms with Crippen LogP contribution in [0.5, 0.6) is 0 Å². The van der Waals surface area contributed by atoms with E-state index in [0.717, 1.165) is 19.3 Å². The predicted octanol–water partition coefficient (Wildman–Crippen LogP) is 1.45. The van der Waals surface area contributed by atoms with Gasteiger partial charge in [0, 0.05) is 25.7 Å². The van der Waals surface area contributed by atoms with Crippen LogP contribution in [0.15, 0.2) is 0 Å². The van der Waals surface area contributed by atoms with Crippen LogP contribution in [0.1, 0.15) is 39.5 Å². The third-order valence-corrected chi connectivity index (χ3v) is 3.50. The van der Waals surface area contributed by atoms with Crippen molar-refractivity contribution in [2.24, 2.45) is 0 Å². The van der Waals surface area contributed by atoms with Gasteiger partial charge < -0.3 is 20.1 Å². The molecule has 0 aliphatic heterocycles. The molecule has 1 rings (SSSR count). The van der Waals surface area contributed by atoms with Crippen molar-refractivity contribution in [2.45, 2.75) is 57.7 Å². The lowest BCUT2D eigenvalue weighted by Gasteiger charge is -2.28. The van der Waals surface area contributed by atoms with Crippen molar-refractivity contribution in [3.05, 3.63) is 0 Å². The highest BCUT2D eigenvalue weighted by Gasteiger charge is 2.27. The molecule has 6 heteroatoms. The third kappa shape index (κ3) is 5.06. The zero-order valence-electron chi connectivity index (χ0n) is 11.9. The minimum atomic E-state index is -0.890. The number of carboxylic acids is 1. The highest BCUT2D eigenvalue weighted by atomic mass is 16.5. The number of methoxy groups -OCH3 is 1. The number of aliphatic carboxylic acids is 1. The third-order valence-electron chi connectivity index (χ3n) is 3.50. The summed E-state index contributed by atoms with van der Waals surface area (Å²) in [6.45, 7) is 4.00. The van der Waals surface area contributed by atoms with Crippen LogP contribution in [0.2, 0.25) is 0 Å². The van der Waals surface area contributed by atoms with Gasteiger partial charge in [0.25, 0.3) is 0 Å². The van der Waals surface area contributed by atoms with Crippen molar-refractivity contribution in [1.29, 1.82) is 0 Å². The molecular weight excluding hydrogens is 248 g/mol. The van der Waals surface area contributed by atoms with Crippen molar-refractivity contribution in [1.82, 2.24) is 10.2 Å². The lowest BCUT2D eigenvalue weighted by atomic mass is 10.2. The minimum absolute atomic E-state index is 0.0148. The minimum Gasteiger partial charge on any atom is -0.481 e. The largest absolute Gasteiger partial charge is 0.481 e. The van der Waals surface area contributed by atoms with Crippen LogP contribution in [0.3, 0.4) is 0 Å². The fraction of sp³-hybridized carbons (Fsp3) is 0.846. The number of hydrogen-bond acceptors (Lipinski definition) is 3. The maximum absolute atomic E-state index is 12.1. The van der Waals surface area contributed by atoms with Gasteiger partial charge in [0.2, 0.25) is 0 Å². The van der Waals surface area contributed by atoms with E-state index < -0.39 is 5.97 Å². The molecule has 0 saturated heterocycles. The fourth-order valence-corrected chi connectivity index (χ4v) is 2.35. The van der Waals surface area contributed by atoms with Crippen LogP contribution in [-0.2, 0) is 9.53 Å². The number of ether oxygens (including phenoxy) is 1. The van der Waals surface area contributed by atoms with Crippen LogP contribution >= 0.6 is 0 Å². The SMILES string of the molecule is COC1CCC(NC(=O)N(CCC(=O)O)C(C)C)C1. The van der Waals surface area contributed by atoms with E-state index >= 15 is 0 Å². The van der Waals surface area contributed by atoms with Gasteiger partial charge in [-0.25, -0.2) is 4.79 Å². The Morgan fingerprint density at radius 1 is 1.42 bits per heavy atom. The van der Waals surface area contributed by atoms with Crippen LogP contribution in [0.25, 0.3) is 0 Å². The molecule has 1 saturated carbocycles. The number of amides is 2. The maximum atomic E-state index is 12.1. The van der Waals surface area contributed by atoms with Crippen molar-refractivity contribution in [2.75, 3.05) is 13.7 Å². The Morgan fingerprint density at radius 2 is 2.11 bits per heavy atom. The number of nitrogens with zero attached hydrogens (tertiary/aromatic N) is 1. The van der Waals surface area contributed by atoms with Crippen molar-refractivity contribution in [3.63, 3.8) is 0 Å². The van der Waals surface area contributed by atoms with Gasteiger partial charge in [-0.05, 0) is 33.1 Å². The van der Waals surface area contributed by atoms with Gasteiger partial charge in [-0.1, -0.05) is 0 Å². The van der Waals surface area contributed by atoms with E-state index in [9.17, 15) is 9.59 Å². The number of nitrogens with one attached hydrogen (secondary N) is 1. The lowest BCUT2D eigenvalue weighted by Crippen LogP contribution is -2.48. The molecule has 2 unspecified atom stereocenters. The van der Waals surface area contributed by atoms with Crippen LogP contribution in [0, 0.1) is 0 Å². The molecule has 0 bridgehead atoms. The van der Waals surface area contributed by atoms with E-state index in [4.69, 9.17) is 9.84 Å². The van der Waals surface area contributed by atoms with Crippen LogP contribution in [-0.4, -0.2) is 53.8 Å². The first-order valence-electron chi connectivity index (χ1n) is 6.75. The molecule has 0 radical (unpaired) electrons. The average molecular weight is 272 g/mol. The molecule has 0 spiro atoms. The summed E-state index contributed by atoms with van der Waals surface area (Å²) in [5, 5.41) is 11.7. The first-order chi connectivity index (χ1) is 8.93. The molecule has 1 aliphatic rings. The number of hydrogen-bond donors (Lipinski definition) is 2. The van der Waals surface area contributed by atoms with Crippen LogP contribution in [0.4, 0.5) is 4.79 Å². The zero-order valence-corrected chi connectivity index (χ0v) is 11.9. The van der Waals surface area contributed by atoms with Crippen LogP contribution < -0.4 is 5.32 Å². The molecule has 0 aromatic rings. The summed E-state index contributed by atoms with van der Waals surface area (Å²) >= 11 is 0. The first kappa shape index (κ1) is 15.8. The second-order valence-electron chi connectivity index (χ2n) is 5.25. The molecule has 1 fully saturated rings. The fourth-order valence-electron chi connectivity index (χ4n) is 2.35. The molecule has 2 atom stereocenters. The van der Waals surface area contributed by atoms with E-state index in [1.807, 2.05) is 13.8 Å². The molecule has 110 valence electrons.